The molecule has 3 N–H and O–H groups in total. The van der Waals surface area contributed by atoms with Crippen molar-refractivity contribution in [3.63, 3.8) is 0 Å². The largest absolute Gasteiger partial charge is 0.347 e. The monoisotopic (exact) mass is 246 g/mol. The molecule has 0 fully saturated rings. The zero-order chi connectivity index (χ0) is 12.3. The number of sulfone groups is 1. The van der Waals surface area contributed by atoms with Crippen LogP contribution in [-0.2, 0) is 14.6 Å². The van der Waals surface area contributed by atoms with Gasteiger partial charge in [0.2, 0.25) is 5.91 Å². The molecule has 0 aromatic heterocycles. The van der Waals surface area contributed by atoms with Gasteiger partial charge in [-0.3, -0.25) is 4.79 Å². The molecule has 1 rings (SSSR count). The van der Waals surface area contributed by atoms with Gasteiger partial charge in [-0.2, -0.15) is 0 Å². The van der Waals surface area contributed by atoms with E-state index in [0.29, 0.717) is 12.3 Å². The van der Waals surface area contributed by atoms with Crippen molar-refractivity contribution in [2.24, 2.45) is 11.7 Å². The van der Waals surface area contributed by atoms with E-state index in [2.05, 4.69) is 5.32 Å². The van der Waals surface area contributed by atoms with Crippen molar-refractivity contribution < 1.29 is 13.2 Å². The van der Waals surface area contributed by atoms with Gasteiger partial charge < -0.3 is 11.1 Å². The van der Waals surface area contributed by atoms with Crippen LogP contribution in [0.4, 0.5) is 0 Å². The van der Waals surface area contributed by atoms with E-state index in [4.69, 9.17) is 5.73 Å². The summed E-state index contributed by atoms with van der Waals surface area (Å²) in [6.07, 6.45) is 2.07. The average Bonchev–Trinajstić information content (AvgIpc) is 2.44. The van der Waals surface area contributed by atoms with E-state index < -0.39 is 21.9 Å². The number of hydrogen-bond donors (Lipinski definition) is 2. The molecule has 0 radical (unpaired) electrons. The van der Waals surface area contributed by atoms with E-state index in [9.17, 15) is 13.2 Å². The van der Waals surface area contributed by atoms with E-state index in [1.807, 2.05) is 13.8 Å². The molecule has 2 atom stereocenters. The van der Waals surface area contributed by atoms with Crippen LogP contribution in [0.2, 0.25) is 0 Å². The molecule has 6 heteroatoms. The Kier molecular flexibility index (Phi) is 4.09. The molecule has 1 heterocycles. The Morgan fingerprint density at radius 3 is 2.62 bits per heavy atom. The highest BCUT2D eigenvalue weighted by molar-refractivity contribution is 7.94. The fraction of sp³-hybridized carbons (Fsp3) is 0.700. The van der Waals surface area contributed by atoms with Crippen molar-refractivity contribution in [1.29, 1.82) is 0 Å². The van der Waals surface area contributed by atoms with Crippen LogP contribution in [-0.4, -0.2) is 32.2 Å². The number of hydrogen-bond acceptors (Lipinski definition) is 4. The summed E-state index contributed by atoms with van der Waals surface area (Å²) in [7, 11) is -3.13. The second-order valence-electron chi connectivity index (χ2n) is 4.51. The predicted molar refractivity (Wildman–Crippen MR) is 62.3 cm³/mol. The lowest BCUT2D eigenvalue weighted by atomic mass is 10.0. The van der Waals surface area contributed by atoms with Crippen LogP contribution in [0, 0.1) is 5.92 Å². The Balaban J connectivity index is 2.45. The number of nitrogens with one attached hydrogen (secondary N) is 1. The van der Waals surface area contributed by atoms with Crippen LogP contribution in [0.15, 0.2) is 11.5 Å². The second kappa shape index (κ2) is 4.97. The van der Waals surface area contributed by atoms with Crippen LogP contribution in [0.25, 0.3) is 0 Å². The molecule has 1 aliphatic heterocycles. The van der Waals surface area contributed by atoms with Gasteiger partial charge in [0.1, 0.15) is 0 Å². The van der Waals surface area contributed by atoms with Crippen molar-refractivity contribution >= 4 is 15.7 Å². The number of amides is 1. The van der Waals surface area contributed by atoms with Crippen molar-refractivity contribution in [3.05, 3.63) is 11.5 Å². The molecule has 0 saturated heterocycles. The van der Waals surface area contributed by atoms with Crippen molar-refractivity contribution in [1.82, 2.24) is 5.32 Å². The van der Waals surface area contributed by atoms with Gasteiger partial charge in [0.15, 0.2) is 9.84 Å². The Morgan fingerprint density at radius 1 is 1.56 bits per heavy atom. The maximum absolute atomic E-state index is 11.6. The Bertz CT molecular complexity index is 387. The van der Waals surface area contributed by atoms with Crippen LogP contribution in [0.1, 0.15) is 20.3 Å². The van der Waals surface area contributed by atoms with Crippen LogP contribution in [0.3, 0.4) is 0 Å². The average molecular weight is 246 g/mol. The zero-order valence-electron chi connectivity index (χ0n) is 9.51. The highest BCUT2D eigenvalue weighted by atomic mass is 32.2. The summed E-state index contributed by atoms with van der Waals surface area (Å²) in [4.78, 5) is 11.6. The summed E-state index contributed by atoms with van der Waals surface area (Å²) < 4.78 is 22.2. The molecule has 0 aromatic rings. The molecular weight excluding hydrogens is 228 g/mol. The maximum atomic E-state index is 11.6. The Morgan fingerprint density at radius 2 is 2.19 bits per heavy atom. The lowest BCUT2D eigenvalue weighted by Crippen LogP contribution is -2.46. The van der Waals surface area contributed by atoms with Gasteiger partial charge in [0.25, 0.3) is 0 Å². The number of nitrogens with two attached hydrogens (primary N) is 1. The smallest absolute Gasteiger partial charge is 0.237 e. The minimum absolute atomic E-state index is 0.0624. The third-order valence-corrected chi connectivity index (χ3v) is 3.72. The number of carbonyl (C=O) groups excluding carboxylic acids is 1. The van der Waals surface area contributed by atoms with Gasteiger partial charge in [0, 0.05) is 5.41 Å². The standard InChI is InChI=1S/C10H18N2O3S/c1-7(2)5-9(11)10(13)12-8-3-4-16(14,15)6-8/h3-4,7-9H,5-6,11H2,1-2H3,(H,12,13). The molecule has 0 saturated carbocycles. The second-order valence-corrected chi connectivity index (χ2v) is 6.44. The maximum Gasteiger partial charge on any atom is 0.237 e. The molecule has 0 aliphatic carbocycles. The first-order valence-corrected chi connectivity index (χ1v) is 6.98. The molecular formula is C10H18N2O3S. The first-order chi connectivity index (χ1) is 7.30. The number of carbonyl (C=O) groups is 1. The first-order valence-electron chi connectivity index (χ1n) is 5.27. The normalized spacial score (nSPS) is 24.6. The van der Waals surface area contributed by atoms with E-state index in [1.165, 1.54) is 6.08 Å². The summed E-state index contributed by atoms with van der Waals surface area (Å²) in [6, 6.07) is -1.01. The molecule has 0 bridgehead atoms. The summed E-state index contributed by atoms with van der Waals surface area (Å²) in [5, 5.41) is 3.74. The Hall–Kier alpha value is -0.880. The third kappa shape index (κ3) is 3.94. The van der Waals surface area contributed by atoms with E-state index in [0.717, 1.165) is 5.41 Å². The van der Waals surface area contributed by atoms with E-state index in [1.54, 1.807) is 0 Å². The Labute approximate surface area is 96.0 Å². The summed E-state index contributed by atoms with van der Waals surface area (Å²) in [5.74, 6) is -0.0169. The fourth-order valence-corrected chi connectivity index (χ4v) is 2.81. The van der Waals surface area contributed by atoms with Gasteiger partial charge in [-0.25, -0.2) is 8.42 Å². The van der Waals surface area contributed by atoms with Crippen molar-refractivity contribution in [2.75, 3.05) is 5.75 Å². The summed E-state index contributed by atoms with van der Waals surface area (Å²) >= 11 is 0. The molecule has 0 spiro atoms. The topological polar surface area (TPSA) is 89.3 Å². The predicted octanol–water partition coefficient (Wildman–Crippen LogP) is -0.213. The SMILES string of the molecule is CC(C)CC(N)C(=O)NC1C=CS(=O)(=O)C1. The molecule has 92 valence electrons. The van der Waals surface area contributed by atoms with Gasteiger partial charge in [-0.15, -0.1) is 0 Å². The highest BCUT2D eigenvalue weighted by Crippen LogP contribution is 2.09. The summed E-state index contributed by atoms with van der Waals surface area (Å²) in [6.45, 7) is 3.96. The summed E-state index contributed by atoms with van der Waals surface area (Å²) in [5.41, 5.74) is 5.68. The van der Waals surface area contributed by atoms with Crippen molar-refractivity contribution in [2.45, 2.75) is 32.4 Å². The minimum atomic E-state index is -3.13. The molecule has 2 unspecified atom stereocenters. The van der Waals surface area contributed by atoms with Gasteiger partial charge >= 0.3 is 0 Å². The lowest BCUT2D eigenvalue weighted by Gasteiger charge is -2.16. The zero-order valence-corrected chi connectivity index (χ0v) is 10.3. The lowest BCUT2D eigenvalue weighted by molar-refractivity contribution is -0.123. The number of rotatable bonds is 4. The van der Waals surface area contributed by atoms with Crippen LogP contribution < -0.4 is 11.1 Å². The van der Waals surface area contributed by atoms with Gasteiger partial charge in [-0.1, -0.05) is 13.8 Å². The van der Waals surface area contributed by atoms with Crippen LogP contribution >= 0.6 is 0 Å². The third-order valence-electron chi connectivity index (χ3n) is 2.32. The molecule has 16 heavy (non-hydrogen) atoms. The minimum Gasteiger partial charge on any atom is -0.347 e. The van der Waals surface area contributed by atoms with Gasteiger partial charge in [0.05, 0.1) is 17.8 Å². The quantitative estimate of drug-likeness (QED) is 0.718. The van der Waals surface area contributed by atoms with E-state index >= 15 is 0 Å². The molecule has 1 aliphatic rings. The molecule has 5 nitrogen and oxygen atoms in total. The van der Waals surface area contributed by atoms with Gasteiger partial charge in [-0.05, 0) is 18.4 Å². The van der Waals surface area contributed by atoms with E-state index in [-0.39, 0.29) is 11.7 Å². The first kappa shape index (κ1) is 13.2. The molecule has 1 amide bonds. The molecule has 0 aromatic carbocycles. The van der Waals surface area contributed by atoms with Crippen molar-refractivity contribution in [3.8, 4) is 0 Å². The fourth-order valence-electron chi connectivity index (χ4n) is 1.57. The van der Waals surface area contributed by atoms with Crippen LogP contribution in [0.5, 0.6) is 0 Å². The highest BCUT2D eigenvalue weighted by Gasteiger charge is 2.25.